The number of rotatable bonds is 3. The first kappa shape index (κ1) is 14.1. The van der Waals surface area contributed by atoms with Crippen LogP contribution in [-0.2, 0) is 9.59 Å². The summed E-state index contributed by atoms with van der Waals surface area (Å²) in [4.78, 5) is 20.5. The zero-order valence-electron chi connectivity index (χ0n) is 6.20. The molecule has 0 radical (unpaired) electrons. The van der Waals surface area contributed by atoms with Gasteiger partial charge in [-0.05, 0) is 0 Å². The van der Waals surface area contributed by atoms with Crippen LogP contribution in [0.5, 0.6) is 0 Å². The molecule has 2 N–H and O–H groups in total. The molecule has 1 atom stereocenters. The Balaban J connectivity index is 0. The molecule has 1 unspecified atom stereocenters. The summed E-state index contributed by atoms with van der Waals surface area (Å²) in [6.45, 7) is 1.26. The molecule has 0 aliphatic heterocycles. The molecule has 0 aromatic heterocycles. The van der Waals surface area contributed by atoms with E-state index in [2.05, 4.69) is 17.9 Å². The van der Waals surface area contributed by atoms with Gasteiger partial charge in [-0.15, -0.1) is 0 Å². The van der Waals surface area contributed by atoms with Crippen LogP contribution in [0.1, 0.15) is 6.92 Å². The van der Waals surface area contributed by atoms with Gasteiger partial charge in [-0.3, -0.25) is 4.79 Å². The van der Waals surface area contributed by atoms with E-state index in [1.54, 1.807) is 0 Å². The maximum atomic E-state index is 10.3. The summed E-state index contributed by atoms with van der Waals surface area (Å²) in [5.74, 6) is -1.32. The molecule has 6 heteroatoms. The average Bonchev–Trinajstić information content (AvgIpc) is 1.81. The largest absolute Gasteiger partial charge is 2.00 e. The fraction of sp³-hybridized carbons (Fsp3) is 0.600. The van der Waals surface area contributed by atoms with Crippen molar-refractivity contribution in [1.29, 1.82) is 0 Å². The van der Waals surface area contributed by atoms with Crippen LogP contribution in [0.3, 0.4) is 0 Å². The van der Waals surface area contributed by atoms with E-state index in [0.29, 0.717) is 0 Å². The molecule has 0 rings (SSSR count). The Morgan fingerprint density at radius 1 is 1.64 bits per heavy atom. The van der Waals surface area contributed by atoms with E-state index in [9.17, 15) is 9.59 Å². The molecule has 0 bridgehead atoms. The molecule has 0 saturated heterocycles. The number of carboxylic acid groups (broad SMARTS) is 1. The number of hydrogen-bond donors (Lipinski definition) is 3. The second-order valence-corrected chi connectivity index (χ2v) is 2.14. The number of carbonyl (C=O) groups is 2. The normalized spacial score (nSPS) is 11.1. The molecular weight excluding hydrogens is 194 g/mol. The molecular formula is C5H9CaNO3S+2. The Hall–Kier alpha value is 0.550. The van der Waals surface area contributed by atoms with E-state index < -0.39 is 12.0 Å². The van der Waals surface area contributed by atoms with Gasteiger partial charge in [0, 0.05) is 12.7 Å². The Labute approximate surface area is 100 Å². The van der Waals surface area contributed by atoms with Gasteiger partial charge in [0.15, 0.2) is 0 Å². The van der Waals surface area contributed by atoms with E-state index in [4.69, 9.17) is 5.11 Å². The van der Waals surface area contributed by atoms with Crippen LogP contribution in [-0.4, -0.2) is 66.5 Å². The molecule has 0 spiro atoms. The first-order valence-corrected chi connectivity index (χ1v) is 3.32. The number of carbonyl (C=O) groups excluding carboxylic acids is 1. The third-order valence-electron chi connectivity index (χ3n) is 0.858. The van der Waals surface area contributed by atoms with Gasteiger partial charge in [0.25, 0.3) is 0 Å². The van der Waals surface area contributed by atoms with Crippen molar-refractivity contribution in [3.8, 4) is 0 Å². The van der Waals surface area contributed by atoms with Crippen LogP contribution in [0.2, 0.25) is 0 Å². The number of nitrogens with one attached hydrogen (secondary N) is 1. The molecule has 0 heterocycles. The Morgan fingerprint density at radius 3 is 2.18 bits per heavy atom. The number of thiol groups is 1. The monoisotopic (exact) mass is 203 g/mol. The van der Waals surface area contributed by atoms with E-state index in [1.165, 1.54) is 6.92 Å². The van der Waals surface area contributed by atoms with Gasteiger partial charge in [0.05, 0.1) is 0 Å². The molecule has 11 heavy (non-hydrogen) atoms. The minimum absolute atomic E-state index is 0. The zero-order chi connectivity index (χ0) is 8.15. The second-order valence-electron chi connectivity index (χ2n) is 1.77. The van der Waals surface area contributed by atoms with Crippen LogP contribution in [0, 0.1) is 0 Å². The first-order chi connectivity index (χ1) is 4.57. The fourth-order valence-electron chi connectivity index (χ4n) is 0.431. The van der Waals surface area contributed by atoms with E-state index >= 15 is 0 Å². The summed E-state index contributed by atoms with van der Waals surface area (Å²) in [6.07, 6.45) is 0. The number of hydrogen-bond acceptors (Lipinski definition) is 3. The smallest absolute Gasteiger partial charge is 0.480 e. The van der Waals surface area contributed by atoms with E-state index in [0.717, 1.165) is 0 Å². The topological polar surface area (TPSA) is 66.4 Å². The summed E-state index contributed by atoms with van der Waals surface area (Å²) < 4.78 is 0. The SMILES string of the molecule is CC(=O)NC(CS)C(=O)O.[Ca+2]. The molecule has 0 aliphatic rings. The van der Waals surface area contributed by atoms with Gasteiger partial charge in [0.2, 0.25) is 5.91 Å². The van der Waals surface area contributed by atoms with Crippen molar-refractivity contribution in [2.75, 3.05) is 5.75 Å². The predicted octanol–water partition coefficient (Wildman–Crippen LogP) is -0.875. The van der Waals surface area contributed by atoms with Crippen molar-refractivity contribution in [2.45, 2.75) is 13.0 Å². The van der Waals surface area contributed by atoms with Crippen LogP contribution in [0.25, 0.3) is 0 Å². The van der Waals surface area contributed by atoms with Crippen LogP contribution in [0.4, 0.5) is 0 Å². The number of amides is 1. The third-order valence-corrected chi connectivity index (χ3v) is 1.22. The van der Waals surface area contributed by atoms with Gasteiger partial charge >= 0.3 is 43.7 Å². The van der Waals surface area contributed by atoms with E-state index in [-0.39, 0.29) is 49.4 Å². The van der Waals surface area contributed by atoms with Gasteiger partial charge < -0.3 is 10.4 Å². The molecule has 0 saturated carbocycles. The maximum Gasteiger partial charge on any atom is 2.00 e. The first-order valence-electron chi connectivity index (χ1n) is 2.68. The minimum Gasteiger partial charge on any atom is -0.480 e. The summed E-state index contributed by atoms with van der Waals surface area (Å²) >= 11 is 3.73. The predicted molar refractivity (Wildman–Crippen MR) is 44.8 cm³/mol. The Morgan fingerprint density at radius 2 is 2.09 bits per heavy atom. The molecule has 0 fully saturated rings. The fourth-order valence-corrected chi connectivity index (χ4v) is 0.678. The quantitative estimate of drug-likeness (QED) is 0.412. The summed E-state index contributed by atoms with van der Waals surface area (Å²) in [6, 6.07) is -0.874. The molecule has 0 aromatic carbocycles. The van der Waals surface area contributed by atoms with Gasteiger partial charge in [-0.25, -0.2) is 4.79 Å². The maximum absolute atomic E-state index is 10.3. The van der Waals surface area contributed by atoms with Crippen molar-refractivity contribution in [3.63, 3.8) is 0 Å². The number of aliphatic carboxylic acids is 1. The Kier molecular flexibility index (Phi) is 9.24. The molecule has 0 aliphatic carbocycles. The van der Waals surface area contributed by atoms with Gasteiger partial charge in [-0.2, -0.15) is 12.6 Å². The van der Waals surface area contributed by atoms with Crippen LogP contribution in [0.15, 0.2) is 0 Å². The summed E-state index contributed by atoms with van der Waals surface area (Å²) in [5.41, 5.74) is 0. The number of carboxylic acids is 1. The van der Waals surface area contributed by atoms with Gasteiger partial charge in [-0.1, -0.05) is 0 Å². The molecule has 4 nitrogen and oxygen atoms in total. The Bertz CT molecular complexity index is 153. The van der Waals surface area contributed by atoms with Crippen molar-refractivity contribution < 1.29 is 14.7 Å². The molecule has 0 aromatic rings. The zero-order valence-corrected chi connectivity index (χ0v) is 9.31. The molecule has 58 valence electrons. The van der Waals surface area contributed by atoms with Crippen molar-refractivity contribution >= 4 is 62.2 Å². The summed E-state index contributed by atoms with van der Waals surface area (Å²) in [5, 5.41) is 10.6. The van der Waals surface area contributed by atoms with Crippen molar-refractivity contribution in [3.05, 3.63) is 0 Å². The van der Waals surface area contributed by atoms with Gasteiger partial charge in [0.1, 0.15) is 6.04 Å². The summed E-state index contributed by atoms with van der Waals surface area (Å²) in [7, 11) is 0. The second kappa shape index (κ2) is 7.21. The van der Waals surface area contributed by atoms with E-state index in [1.807, 2.05) is 0 Å². The average molecular weight is 203 g/mol. The standard InChI is InChI=1S/C5H9NO3S.Ca/c1-3(7)6-4(2-10)5(8)9;/h4,10H,2H2,1H3,(H,6,7)(H,8,9);/q;+2. The van der Waals surface area contributed by atoms with Crippen LogP contribution >= 0.6 is 12.6 Å². The van der Waals surface area contributed by atoms with Crippen LogP contribution < -0.4 is 5.32 Å². The molecule has 1 amide bonds. The third kappa shape index (κ3) is 6.93. The van der Waals surface area contributed by atoms with Crippen molar-refractivity contribution in [1.82, 2.24) is 5.32 Å². The minimum atomic E-state index is -1.06. The van der Waals surface area contributed by atoms with Crippen molar-refractivity contribution in [2.24, 2.45) is 0 Å².